The summed E-state index contributed by atoms with van der Waals surface area (Å²) in [5.41, 5.74) is 2.34. The maximum Gasteiger partial charge on any atom is 0.185 e. The van der Waals surface area contributed by atoms with Crippen LogP contribution in [0.4, 0.5) is 0 Å². The Bertz CT molecular complexity index is 704. The van der Waals surface area contributed by atoms with Gasteiger partial charge in [0.2, 0.25) is 0 Å². The van der Waals surface area contributed by atoms with E-state index in [-0.39, 0.29) is 5.78 Å². The van der Waals surface area contributed by atoms with Gasteiger partial charge in [0, 0.05) is 18.2 Å². The second kappa shape index (κ2) is 8.15. The van der Waals surface area contributed by atoms with Gasteiger partial charge in [-0.1, -0.05) is 18.2 Å². The predicted molar refractivity (Wildman–Crippen MR) is 90.1 cm³/mol. The van der Waals surface area contributed by atoms with Crippen LogP contribution in [0.2, 0.25) is 0 Å². The number of hydrogen-bond acceptors (Lipinski definition) is 4. The zero-order valence-electron chi connectivity index (χ0n) is 13.5. The van der Waals surface area contributed by atoms with E-state index in [9.17, 15) is 4.79 Å². The molecule has 0 saturated carbocycles. The van der Waals surface area contributed by atoms with E-state index >= 15 is 0 Å². The SMILES string of the molecule is COCc1cc(C(=O)/C=C/c2cccc(OC)c2)ccc1OC. The predicted octanol–water partition coefficient (Wildman–Crippen LogP) is 3.75. The Morgan fingerprint density at radius 2 is 1.87 bits per heavy atom. The first-order chi connectivity index (χ1) is 11.2. The summed E-state index contributed by atoms with van der Waals surface area (Å²) in [5.74, 6) is 1.39. The van der Waals surface area contributed by atoms with E-state index in [1.54, 1.807) is 51.7 Å². The molecule has 0 unspecified atom stereocenters. The van der Waals surface area contributed by atoms with Gasteiger partial charge in [-0.2, -0.15) is 0 Å². The highest BCUT2D eigenvalue weighted by Gasteiger charge is 2.08. The number of benzene rings is 2. The van der Waals surface area contributed by atoms with Gasteiger partial charge < -0.3 is 14.2 Å². The molecule has 4 heteroatoms. The summed E-state index contributed by atoms with van der Waals surface area (Å²) < 4.78 is 15.6. The van der Waals surface area contributed by atoms with Gasteiger partial charge in [0.05, 0.1) is 20.8 Å². The van der Waals surface area contributed by atoms with Crippen LogP contribution in [0.15, 0.2) is 48.5 Å². The van der Waals surface area contributed by atoms with Crippen molar-refractivity contribution in [3.05, 3.63) is 65.2 Å². The third-order valence-corrected chi connectivity index (χ3v) is 3.39. The molecule has 0 radical (unpaired) electrons. The largest absolute Gasteiger partial charge is 0.497 e. The van der Waals surface area contributed by atoms with Crippen molar-refractivity contribution in [3.8, 4) is 11.5 Å². The summed E-state index contributed by atoms with van der Waals surface area (Å²) in [7, 11) is 4.82. The first-order valence-electron chi connectivity index (χ1n) is 7.20. The summed E-state index contributed by atoms with van der Waals surface area (Å²) in [6.07, 6.45) is 3.32. The normalized spacial score (nSPS) is 10.7. The van der Waals surface area contributed by atoms with E-state index in [0.29, 0.717) is 17.9 Å². The lowest BCUT2D eigenvalue weighted by Gasteiger charge is -2.08. The molecule has 2 aromatic carbocycles. The zero-order chi connectivity index (χ0) is 16.7. The van der Waals surface area contributed by atoms with Gasteiger partial charge in [-0.15, -0.1) is 0 Å². The third-order valence-electron chi connectivity index (χ3n) is 3.39. The van der Waals surface area contributed by atoms with Crippen molar-refractivity contribution < 1.29 is 19.0 Å². The van der Waals surface area contributed by atoms with E-state index in [0.717, 1.165) is 16.9 Å². The van der Waals surface area contributed by atoms with Crippen LogP contribution >= 0.6 is 0 Å². The molecule has 0 fully saturated rings. The van der Waals surface area contributed by atoms with E-state index in [2.05, 4.69) is 0 Å². The van der Waals surface area contributed by atoms with Crippen LogP contribution in [0.5, 0.6) is 11.5 Å². The van der Waals surface area contributed by atoms with Crippen LogP contribution in [0.25, 0.3) is 6.08 Å². The van der Waals surface area contributed by atoms with Crippen LogP contribution in [-0.2, 0) is 11.3 Å². The summed E-state index contributed by atoms with van der Waals surface area (Å²) in [6.45, 7) is 0.393. The molecule has 0 amide bonds. The maximum absolute atomic E-state index is 12.3. The molecule has 0 spiro atoms. The highest BCUT2D eigenvalue weighted by atomic mass is 16.5. The lowest BCUT2D eigenvalue weighted by molar-refractivity contribution is 0.104. The quantitative estimate of drug-likeness (QED) is 0.577. The highest BCUT2D eigenvalue weighted by molar-refractivity contribution is 6.07. The fourth-order valence-corrected chi connectivity index (χ4v) is 2.21. The molecule has 23 heavy (non-hydrogen) atoms. The topological polar surface area (TPSA) is 44.8 Å². The molecular formula is C19H20O4. The van der Waals surface area contributed by atoms with Gasteiger partial charge in [-0.05, 0) is 42.0 Å². The molecule has 120 valence electrons. The molecule has 2 aromatic rings. The first kappa shape index (κ1) is 16.8. The Labute approximate surface area is 136 Å². The molecule has 0 aliphatic rings. The van der Waals surface area contributed by atoms with Crippen LogP contribution in [-0.4, -0.2) is 27.1 Å². The van der Waals surface area contributed by atoms with Gasteiger partial charge >= 0.3 is 0 Å². The standard InChI is InChI=1S/C19H20O4/c1-21-13-16-12-15(8-10-19(16)23-3)18(20)9-7-14-5-4-6-17(11-14)22-2/h4-12H,13H2,1-3H3/b9-7+. The second-order valence-corrected chi connectivity index (χ2v) is 4.93. The molecule has 0 heterocycles. The second-order valence-electron chi connectivity index (χ2n) is 4.93. The van der Waals surface area contributed by atoms with E-state index in [4.69, 9.17) is 14.2 Å². The molecule has 2 rings (SSSR count). The Kier molecular flexibility index (Phi) is 5.94. The minimum absolute atomic E-state index is 0.0761. The van der Waals surface area contributed by atoms with Crippen LogP contribution in [0.1, 0.15) is 21.5 Å². The summed E-state index contributed by atoms with van der Waals surface area (Å²) in [4.78, 5) is 12.3. The molecule has 0 aliphatic carbocycles. The number of allylic oxidation sites excluding steroid dienone is 1. The molecule has 0 bridgehead atoms. The number of methoxy groups -OCH3 is 3. The van der Waals surface area contributed by atoms with Gasteiger partial charge in [-0.3, -0.25) is 4.79 Å². The summed E-state index contributed by atoms with van der Waals surface area (Å²) >= 11 is 0. The smallest absolute Gasteiger partial charge is 0.185 e. The van der Waals surface area contributed by atoms with Crippen molar-refractivity contribution in [2.75, 3.05) is 21.3 Å². The number of hydrogen-bond donors (Lipinski definition) is 0. The maximum atomic E-state index is 12.3. The first-order valence-corrected chi connectivity index (χ1v) is 7.20. The van der Waals surface area contributed by atoms with Gasteiger partial charge in [0.1, 0.15) is 11.5 Å². The Balaban J connectivity index is 2.19. The van der Waals surface area contributed by atoms with Crippen LogP contribution in [0, 0.1) is 0 Å². The van der Waals surface area contributed by atoms with Crippen molar-refractivity contribution in [1.29, 1.82) is 0 Å². The van der Waals surface area contributed by atoms with Crippen molar-refractivity contribution in [2.45, 2.75) is 6.61 Å². The third kappa shape index (κ3) is 4.44. The number of ketones is 1. The lowest BCUT2D eigenvalue weighted by Crippen LogP contribution is -1.99. The number of carbonyl (C=O) groups excluding carboxylic acids is 1. The van der Waals surface area contributed by atoms with E-state index in [1.807, 2.05) is 24.3 Å². The Morgan fingerprint density at radius 1 is 1.04 bits per heavy atom. The highest BCUT2D eigenvalue weighted by Crippen LogP contribution is 2.21. The number of ether oxygens (including phenoxy) is 3. The van der Waals surface area contributed by atoms with Crippen molar-refractivity contribution in [3.63, 3.8) is 0 Å². The molecule has 0 saturated heterocycles. The van der Waals surface area contributed by atoms with Gasteiger partial charge in [0.15, 0.2) is 5.78 Å². The molecule has 0 N–H and O–H groups in total. The average Bonchev–Trinajstić information content (AvgIpc) is 2.60. The van der Waals surface area contributed by atoms with Crippen molar-refractivity contribution in [1.82, 2.24) is 0 Å². The molecular weight excluding hydrogens is 292 g/mol. The fraction of sp³-hybridized carbons (Fsp3) is 0.211. The molecule has 0 atom stereocenters. The minimum Gasteiger partial charge on any atom is -0.497 e. The summed E-state index contributed by atoms with van der Waals surface area (Å²) in [5, 5.41) is 0. The van der Waals surface area contributed by atoms with Gasteiger partial charge in [-0.25, -0.2) is 0 Å². The fourth-order valence-electron chi connectivity index (χ4n) is 2.21. The zero-order valence-corrected chi connectivity index (χ0v) is 13.5. The Hall–Kier alpha value is -2.59. The van der Waals surface area contributed by atoms with Crippen molar-refractivity contribution in [2.24, 2.45) is 0 Å². The molecule has 4 nitrogen and oxygen atoms in total. The van der Waals surface area contributed by atoms with Crippen molar-refractivity contribution >= 4 is 11.9 Å². The van der Waals surface area contributed by atoms with E-state index in [1.165, 1.54) is 0 Å². The van der Waals surface area contributed by atoms with Crippen LogP contribution < -0.4 is 9.47 Å². The number of carbonyl (C=O) groups is 1. The van der Waals surface area contributed by atoms with E-state index < -0.39 is 0 Å². The average molecular weight is 312 g/mol. The summed E-state index contributed by atoms with van der Waals surface area (Å²) in [6, 6.07) is 12.8. The molecule has 0 aliphatic heterocycles. The monoisotopic (exact) mass is 312 g/mol. The van der Waals surface area contributed by atoms with Gasteiger partial charge in [0.25, 0.3) is 0 Å². The number of rotatable bonds is 7. The Morgan fingerprint density at radius 3 is 2.57 bits per heavy atom. The minimum atomic E-state index is -0.0761. The molecule has 0 aromatic heterocycles. The van der Waals surface area contributed by atoms with Crippen LogP contribution in [0.3, 0.4) is 0 Å². The lowest BCUT2D eigenvalue weighted by atomic mass is 10.1.